The van der Waals surface area contributed by atoms with Gasteiger partial charge in [0.15, 0.2) is 5.78 Å². The van der Waals surface area contributed by atoms with Gasteiger partial charge in [0.2, 0.25) is 0 Å². The molecular formula is C12H8F2N2O. The minimum Gasteiger partial charge on any atom is -0.288 e. The lowest BCUT2D eigenvalue weighted by Gasteiger charge is -2.04. The van der Waals surface area contributed by atoms with Crippen molar-refractivity contribution in [3.8, 4) is 0 Å². The molecule has 0 saturated heterocycles. The van der Waals surface area contributed by atoms with Crippen LogP contribution in [0.4, 0.5) is 8.78 Å². The minimum absolute atomic E-state index is 0.164. The molecule has 17 heavy (non-hydrogen) atoms. The van der Waals surface area contributed by atoms with E-state index in [2.05, 4.69) is 9.97 Å². The van der Waals surface area contributed by atoms with Gasteiger partial charge in [-0.15, -0.1) is 0 Å². The maximum atomic E-state index is 13.5. The summed E-state index contributed by atoms with van der Waals surface area (Å²) in [5.74, 6) is -2.13. The fourth-order valence-electron chi connectivity index (χ4n) is 1.40. The molecular weight excluding hydrogens is 226 g/mol. The molecule has 0 radical (unpaired) electrons. The highest BCUT2D eigenvalue weighted by Gasteiger charge is 2.16. The highest BCUT2D eigenvalue weighted by atomic mass is 19.1. The number of rotatable bonds is 2. The van der Waals surface area contributed by atoms with Gasteiger partial charge in [0.05, 0.1) is 11.1 Å². The van der Waals surface area contributed by atoms with Crippen molar-refractivity contribution < 1.29 is 13.6 Å². The lowest BCUT2D eigenvalue weighted by molar-refractivity contribution is 0.103. The Balaban J connectivity index is 2.48. The van der Waals surface area contributed by atoms with E-state index in [1.165, 1.54) is 31.7 Å². The Hall–Kier alpha value is -2.17. The lowest BCUT2D eigenvalue weighted by atomic mass is 10.0. The van der Waals surface area contributed by atoms with Crippen LogP contribution in [0.15, 0.2) is 30.9 Å². The van der Waals surface area contributed by atoms with Gasteiger partial charge in [-0.3, -0.25) is 4.79 Å². The molecule has 0 aliphatic carbocycles. The number of hydrogen-bond donors (Lipinski definition) is 0. The predicted octanol–water partition coefficient (Wildman–Crippen LogP) is 2.29. The van der Waals surface area contributed by atoms with Crippen molar-refractivity contribution in [2.24, 2.45) is 0 Å². The Morgan fingerprint density at radius 1 is 1.12 bits per heavy atom. The molecule has 0 saturated carbocycles. The van der Waals surface area contributed by atoms with Gasteiger partial charge in [-0.2, -0.15) is 0 Å². The summed E-state index contributed by atoms with van der Waals surface area (Å²) in [7, 11) is 0. The van der Waals surface area contributed by atoms with Crippen molar-refractivity contribution in [3.63, 3.8) is 0 Å². The van der Waals surface area contributed by atoms with Crippen molar-refractivity contribution >= 4 is 5.78 Å². The van der Waals surface area contributed by atoms with Crippen molar-refractivity contribution in [2.75, 3.05) is 0 Å². The Morgan fingerprint density at radius 3 is 2.41 bits per heavy atom. The van der Waals surface area contributed by atoms with Crippen LogP contribution in [0.5, 0.6) is 0 Å². The highest BCUT2D eigenvalue weighted by molar-refractivity contribution is 6.08. The first-order valence-corrected chi connectivity index (χ1v) is 4.85. The summed E-state index contributed by atoms with van der Waals surface area (Å²) in [6, 6.07) is 1.88. The zero-order chi connectivity index (χ0) is 12.4. The Bertz CT molecular complexity index is 570. The molecule has 0 spiro atoms. The summed E-state index contributed by atoms with van der Waals surface area (Å²) in [4.78, 5) is 19.2. The number of benzene rings is 1. The van der Waals surface area contributed by atoms with E-state index in [9.17, 15) is 13.6 Å². The topological polar surface area (TPSA) is 42.9 Å². The molecule has 3 nitrogen and oxygen atoms in total. The van der Waals surface area contributed by atoms with E-state index in [0.29, 0.717) is 6.07 Å². The summed E-state index contributed by atoms with van der Waals surface area (Å²) in [6.07, 6.45) is 3.84. The van der Waals surface area contributed by atoms with Gasteiger partial charge in [-0.1, -0.05) is 0 Å². The molecule has 0 N–H and O–H groups in total. The van der Waals surface area contributed by atoms with E-state index in [1.807, 2.05) is 0 Å². The number of nitrogens with zero attached hydrogens (tertiary/aromatic N) is 2. The van der Waals surface area contributed by atoms with Gasteiger partial charge in [0.1, 0.15) is 18.0 Å². The lowest BCUT2D eigenvalue weighted by Crippen LogP contribution is -2.06. The van der Waals surface area contributed by atoms with Gasteiger partial charge in [0, 0.05) is 18.5 Å². The average molecular weight is 234 g/mol. The molecule has 0 aliphatic rings. The maximum Gasteiger partial charge on any atom is 0.199 e. The van der Waals surface area contributed by atoms with Crippen LogP contribution in [0.3, 0.4) is 0 Å². The maximum absolute atomic E-state index is 13.5. The summed E-state index contributed by atoms with van der Waals surface area (Å²) >= 11 is 0. The van der Waals surface area contributed by atoms with Crippen LogP contribution < -0.4 is 0 Å². The first-order chi connectivity index (χ1) is 8.09. The molecule has 0 atom stereocenters. The molecule has 0 amide bonds. The van der Waals surface area contributed by atoms with Gasteiger partial charge in [0.25, 0.3) is 0 Å². The zero-order valence-corrected chi connectivity index (χ0v) is 8.95. The predicted molar refractivity (Wildman–Crippen MR) is 56.6 cm³/mol. The van der Waals surface area contributed by atoms with Crippen LogP contribution in [0, 0.1) is 18.6 Å². The van der Waals surface area contributed by atoms with Crippen molar-refractivity contribution in [1.82, 2.24) is 9.97 Å². The van der Waals surface area contributed by atoms with Crippen LogP contribution in [0.1, 0.15) is 21.5 Å². The molecule has 1 aromatic heterocycles. The number of halogens is 2. The van der Waals surface area contributed by atoms with E-state index < -0.39 is 17.4 Å². The number of aromatic nitrogens is 2. The SMILES string of the molecule is Cc1cc(C(=O)c2cncnc2)c(F)cc1F. The Labute approximate surface area is 96.2 Å². The molecule has 1 heterocycles. The summed E-state index contributed by atoms with van der Waals surface area (Å²) < 4.78 is 26.5. The molecule has 0 aliphatic heterocycles. The molecule has 0 bridgehead atoms. The third-order valence-corrected chi connectivity index (χ3v) is 2.32. The normalized spacial score (nSPS) is 10.3. The quantitative estimate of drug-likeness (QED) is 0.749. The van der Waals surface area contributed by atoms with E-state index >= 15 is 0 Å². The third kappa shape index (κ3) is 2.18. The number of carbonyl (C=O) groups excluding carboxylic acids is 1. The molecule has 2 rings (SSSR count). The number of aryl methyl sites for hydroxylation is 1. The second-order valence-corrected chi connectivity index (χ2v) is 3.54. The van der Waals surface area contributed by atoms with Crippen molar-refractivity contribution in [3.05, 3.63) is 59.2 Å². The van der Waals surface area contributed by atoms with Crippen LogP contribution in [0.25, 0.3) is 0 Å². The number of hydrogen-bond acceptors (Lipinski definition) is 3. The van der Waals surface area contributed by atoms with Crippen LogP contribution in [-0.2, 0) is 0 Å². The highest BCUT2D eigenvalue weighted by Crippen LogP contribution is 2.17. The molecule has 0 unspecified atom stereocenters. The van der Waals surface area contributed by atoms with E-state index in [1.54, 1.807) is 0 Å². The molecule has 0 fully saturated rings. The van der Waals surface area contributed by atoms with Gasteiger partial charge >= 0.3 is 0 Å². The number of carbonyl (C=O) groups is 1. The summed E-state index contributed by atoms with van der Waals surface area (Å²) in [5.41, 5.74) is 0.197. The zero-order valence-electron chi connectivity index (χ0n) is 8.95. The molecule has 1 aromatic carbocycles. The standard InChI is InChI=1S/C12H8F2N2O/c1-7-2-9(11(14)3-10(7)13)12(17)8-4-15-6-16-5-8/h2-6H,1H3. The van der Waals surface area contributed by atoms with Crippen LogP contribution in [-0.4, -0.2) is 15.8 Å². The van der Waals surface area contributed by atoms with E-state index in [-0.39, 0.29) is 16.7 Å². The average Bonchev–Trinajstić information content (AvgIpc) is 2.34. The van der Waals surface area contributed by atoms with Gasteiger partial charge in [-0.05, 0) is 18.6 Å². The first kappa shape index (κ1) is 11.3. The van der Waals surface area contributed by atoms with Gasteiger partial charge < -0.3 is 0 Å². The minimum atomic E-state index is -0.887. The second-order valence-electron chi connectivity index (χ2n) is 3.54. The van der Waals surface area contributed by atoms with Crippen LogP contribution >= 0.6 is 0 Å². The second kappa shape index (κ2) is 4.37. The Morgan fingerprint density at radius 2 is 1.76 bits per heavy atom. The monoisotopic (exact) mass is 234 g/mol. The fraction of sp³-hybridized carbons (Fsp3) is 0.0833. The van der Waals surface area contributed by atoms with Crippen molar-refractivity contribution in [2.45, 2.75) is 6.92 Å². The summed E-state index contributed by atoms with van der Waals surface area (Å²) in [5, 5.41) is 0. The fourth-order valence-corrected chi connectivity index (χ4v) is 1.40. The molecule has 2 aromatic rings. The first-order valence-electron chi connectivity index (χ1n) is 4.85. The summed E-state index contributed by atoms with van der Waals surface area (Å²) in [6.45, 7) is 1.47. The third-order valence-electron chi connectivity index (χ3n) is 2.32. The van der Waals surface area contributed by atoms with Crippen LogP contribution in [0.2, 0.25) is 0 Å². The number of ketones is 1. The molecule has 86 valence electrons. The molecule has 5 heteroatoms. The largest absolute Gasteiger partial charge is 0.288 e. The van der Waals surface area contributed by atoms with Crippen molar-refractivity contribution in [1.29, 1.82) is 0 Å². The van der Waals surface area contributed by atoms with E-state index in [0.717, 1.165) is 0 Å². The van der Waals surface area contributed by atoms with E-state index in [4.69, 9.17) is 0 Å². The smallest absolute Gasteiger partial charge is 0.199 e. The van der Waals surface area contributed by atoms with Gasteiger partial charge in [-0.25, -0.2) is 18.7 Å². The Kier molecular flexibility index (Phi) is 2.91.